The Bertz CT molecular complexity index is 1200. The highest BCUT2D eigenvalue weighted by Gasteiger charge is 2.68. The van der Waals surface area contributed by atoms with Gasteiger partial charge in [-0.15, -0.1) is 0 Å². The van der Waals surface area contributed by atoms with Gasteiger partial charge in [-0.3, -0.25) is 14.4 Å². The summed E-state index contributed by atoms with van der Waals surface area (Å²) in [5, 5.41) is 11.1. The zero-order valence-corrected chi connectivity index (χ0v) is 22.8. The third-order valence-electron chi connectivity index (χ3n) is 11.3. The number of carbonyl (C=O) groups is 3. The summed E-state index contributed by atoms with van der Waals surface area (Å²) in [4.78, 5) is 37.9. The molecule has 194 valence electrons. The minimum Gasteiger partial charge on any atom is -0.422 e. The summed E-state index contributed by atoms with van der Waals surface area (Å²) in [6, 6.07) is 0. The minimum atomic E-state index is -0.900. The topological polar surface area (TPSA) is 80.7 Å². The molecule has 5 nitrogen and oxygen atoms in total. The number of Topliss-reactive ketones (excluding diaryl/α,β-unsaturated/α-hetero) is 1. The minimum absolute atomic E-state index is 0.00114. The lowest BCUT2D eigenvalue weighted by molar-refractivity contribution is -0.192. The molecule has 0 bridgehead atoms. The summed E-state index contributed by atoms with van der Waals surface area (Å²) >= 11 is 0. The maximum atomic E-state index is 13.2. The van der Waals surface area contributed by atoms with Gasteiger partial charge in [0.25, 0.3) is 0 Å². The van der Waals surface area contributed by atoms with Crippen LogP contribution in [-0.2, 0) is 19.1 Å². The molecule has 0 aromatic carbocycles. The number of rotatable bonds is 2. The molecule has 5 rings (SSSR count). The molecule has 0 radical (unpaired) electrons. The first-order valence-electron chi connectivity index (χ1n) is 13.6. The fourth-order valence-corrected chi connectivity index (χ4v) is 8.74. The average molecular weight is 493 g/mol. The molecule has 0 heterocycles. The van der Waals surface area contributed by atoms with E-state index < -0.39 is 17.5 Å². The van der Waals surface area contributed by atoms with Crippen LogP contribution < -0.4 is 0 Å². The maximum Gasteiger partial charge on any atom is 0.311 e. The molecule has 5 aliphatic rings. The van der Waals surface area contributed by atoms with Crippen molar-refractivity contribution in [1.29, 1.82) is 0 Å². The normalized spacial score (nSPS) is 43.9. The van der Waals surface area contributed by atoms with Crippen molar-refractivity contribution in [2.45, 2.75) is 93.1 Å². The van der Waals surface area contributed by atoms with Crippen LogP contribution in [0.15, 0.2) is 46.3 Å². The monoisotopic (exact) mass is 492 g/mol. The van der Waals surface area contributed by atoms with Crippen molar-refractivity contribution in [3.63, 3.8) is 0 Å². The Kier molecular flexibility index (Phi) is 5.55. The molecule has 0 saturated heterocycles. The third kappa shape index (κ3) is 3.01. The van der Waals surface area contributed by atoms with Crippen LogP contribution in [0.25, 0.3) is 0 Å². The van der Waals surface area contributed by atoms with Gasteiger partial charge in [-0.05, 0) is 73.0 Å². The molecular weight excluding hydrogens is 452 g/mol. The number of carbonyl (C=O) groups excluding carboxylic acids is 3. The molecule has 0 amide bonds. The first-order chi connectivity index (χ1) is 16.7. The van der Waals surface area contributed by atoms with Crippen LogP contribution in [0.5, 0.6) is 0 Å². The van der Waals surface area contributed by atoms with Crippen molar-refractivity contribution in [3.05, 3.63) is 46.3 Å². The Morgan fingerprint density at radius 1 is 1.08 bits per heavy atom. The van der Waals surface area contributed by atoms with Gasteiger partial charge in [-0.2, -0.15) is 0 Å². The Hall–Kier alpha value is -2.27. The van der Waals surface area contributed by atoms with Crippen LogP contribution in [0, 0.1) is 33.5 Å². The molecule has 7 atom stereocenters. The number of ketones is 2. The van der Waals surface area contributed by atoms with Crippen LogP contribution >= 0.6 is 0 Å². The van der Waals surface area contributed by atoms with Gasteiger partial charge in [0.1, 0.15) is 6.10 Å². The van der Waals surface area contributed by atoms with Gasteiger partial charge in [-0.25, -0.2) is 0 Å². The summed E-state index contributed by atoms with van der Waals surface area (Å²) in [5.74, 6) is -0.381. The van der Waals surface area contributed by atoms with Gasteiger partial charge in [0.05, 0.1) is 0 Å². The van der Waals surface area contributed by atoms with Crippen molar-refractivity contribution in [3.8, 4) is 0 Å². The predicted octanol–water partition coefficient (Wildman–Crippen LogP) is 5.79. The second-order valence-corrected chi connectivity index (χ2v) is 12.9. The molecule has 1 N–H and O–H groups in total. The van der Waals surface area contributed by atoms with E-state index in [9.17, 15) is 19.5 Å². The van der Waals surface area contributed by atoms with Crippen LogP contribution in [0.1, 0.15) is 87.0 Å². The van der Waals surface area contributed by atoms with Crippen LogP contribution in [0.2, 0.25) is 0 Å². The smallest absolute Gasteiger partial charge is 0.311 e. The highest BCUT2D eigenvalue weighted by Crippen LogP contribution is 2.74. The first-order valence-corrected chi connectivity index (χ1v) is 13.6. The molecule has 0 aromatic heterocycles. The zero-order valence-electron chi connectivity index (χ0n) is 22.8. The highest BCUT2D eigenvalue weighted by molar-refractivity contribution is 6.08. The lowest BCUT2D eigenvalue weighted by Gasteiger charge is -2.69. The lowest BCUT2D eigenvalue weighted by Crippen LogP contribution is -2.65. The van der Waals surface area contributed by atoms with Crippen molar-refractivity contribution >= 4 is 17.5 Å². The van der Waals surface area contributed by atoms with E-state index in [2.05, 4.69) is 39.8 Å². The van der Waals surface area contributed by atoms with Crippen molar-refractivity contribution < 1.29 is 24.2 Å². The standard InChI is InChI=1S/C31H40O5/c1-8-24(33)36-26-18(3)19-9-10-22-28(4,20(19)16-21(26)32)11-13-31(7)23-15-17(2)25(34)27(35)29(23,5)12-14-30(22,31)6/h9-10,16-17,23,27,35H,8,11-15H2,1-7H3. The highest BCUT2D eigenvalue weighted by atomic mass is 16.5. The van der Waals surface area contributed by atoms with Crippen molar-refractivity contribution in [2.24, 2.45) is 33.5 Å². The van der Waals surface area contributed by atoms with E-state index in [0.29, 0.717) is 0 Å². The second kappa shape index (κ2) is 7.86. The van der Waals surface area contributed by atoms with E-state index in [1.54, 1.807) is 13.0 Å². The predicted molar refractivity (Wildman–Crippen MR) is 138 cm³/mol. The maximum absolute atomic E-state index is 13.2. The quantitative estimate of drug-likeness (QED) is 0.494. The summed E-state index contributed by atoms with van der Waals surface area (Å²) in [7, 11) is 0. The zero-order chi connectivity index (χ0) is 26.4. The Morgan fingerprint density at radius 2 is 1.78 bits per heavy atom. The molecule has 3 fully saturated rings. The number of ether oxygens (including phenoxy) is 1. The number of hydrogen-bond acceptors (Lipinski definition) is 5. The fourth-order valence-electron chi connectivity index (χ4n) is 8.74. The fraction of sp³-hybridized carbons (Fsp3) is 0.645. The molecule has 3 saturated carbocycles. The molecule has 0 aromatic rings. The van der Waals surface area contributed by atoms with Gasteiger partial charge >= 0.3 is 5.97 Å². The van der Waals surface area contributed by atoms with Crippen LogP contribution in [0.4, 0.5) is 0 Å². The number of esters is 1. The molecule has 0 aliphatic heterocycles. The molecule has 7 unspecified atom stereocenters. The molecule has 0 spiro atoms. The first kappa shape index (κ1) is 25.4. The summed E-state index contributed by atoms with van der Waals surface area (Å²) in [5.41, 5.74) is 3.21. The SMILES string of the molecule is CCC(=O)OC1=C(C)C2=CC=C3C(C)(CCC4(C)C5CC(C)C(=O)C(O)C5(C)CCC34C)C2=CC1=O. The van der Waals surface area contributed by atoms with E-state index in [1.165, 1.54) is 5.57 Å². The number of aliphatic hydroxyl groups excluding tert-OH is 1. The number of fused-ring (bicyclic) bond motifs is 7. The number of hydrogen-bond donors (Lipinski definition) is 1. The van der Waals surface area contributed by atoms with Crippen LogP contribution in [0.3, 0.4) is 0 Å². The Balaban J connectivity index is 1.61. The molecule has 5 heteroatoms. The lowest BCUT2D eigenvalue weighted by atomic mass is 9.35. The summed E-state index contributed by atoms with van der Waals surface area (Å²) < 4.78 is 5.44. The molecule has 5 aliphatic carbocycles. The largest absolute Gasteiger partial charge is 0.422 e. The van der Waals surface area contributed by atoms with E-state index in [-0.39, 0.29) is 51.8 Å². The average Bonchev–Trinajstić information content (AvgIpc) is 2.84. The van der Waals surface area contributed by atoms with Crippen molar-refractivity contribution in [2.75, 3.05) is 0 Å². The van der Waals surface area contributed by atoms with Gasteiger partial charge in [-0.1, -0.05) is 59.3 Å². The van der Waals surface area contributed by atoms with Gasteiger partial charge in [0.2, 0.25) is 5.78 Å². The van der Waals surface area contributed by atoms with E-state index >= 15 is 0 Å². The number of allylic oxidation sites excluding steroid dienone is 7. The number of aliphatic hydroxyl groups is 1. The van der Waals surface area contributed by atoms with E-state index in [4.69, 9.17) is 4.74 Å². The molecule has 36 heavy (non-hydrogen) atoms. The van der Waals surface area contributed by atoms with E-state index in [0.717, 1.165) is 48.8 Å². The van der Waals surface area contributed by atoms with Gasteiger partial charge in [0.15, 0.2) is 11.5 Å². The van der Waals surface area contributed by atoms with E-state index in [1.807, 2.05) is 13.8 Å². The second-order valence-electron chi connectivity index (χ2n) is 12.9. The Labute approximate surface area is 214 Å². The summed E-state index contributed by atoms with van der Waals surface area (Å²) in [6.07, 6.45) is 9.77. The van der Waals surface area contributed by atoms with Gasteiger partial charge < -0.3 is 9.84 Å². The Morgan fingerprint density at radius 3 is 2.44 bits per heavy atom. The summed E-state index contributed by atoms with van der Waals surface area (Å²) in [6.45, 7) is 14.7. The van der Waals surface area contributed by atoms with Gasteiger partial charge in [0, 0.05) is 28.7 Å². The third-order valence-corrected chi connectivity index (χ3v) is 11.3. The molecular formula is C31H40O5. The van der Waals surface area contributed by atoms with Crippen LogP contribution in [-0.4, -0.2) is 28.7 Å². The van der Waals surface area contributed by atoms with Crippen molar-refractivity contribution in [1.82, 2.24) is 0 Å².